The third-order valence-corrected chi connectivity index (χ3v) is 7.62. The number of rotatable bonds is 20. The van der Waals surface area contributed by atoms with E-state index in [0.29, 0.717) is 67.5 Å². The largest absolute Gasteiger partial charge is 0.494 e. The van der Waals surface area contributed by atoms with E-state index >= 15 is 0 Å². The number of ether oxygens (including phenoxy) is 4. The molecule has 3 aromatic carbocycles. The Kier molecular flexibility index (Phi) is 15.8. The van der Waals surface area contributed by atoms with E-state index in [1.807, 2.05) is 12.1 Å². The fourth-order valence-corrected chi connectivity index (χ4v) is 5.22. The summed E-state index contributed by atoms with van der Waals surface area (Å²) in [5, 5.41) is 0. The third-order valence-electron chi connectivity index (χ3n) is 7.62. The van der Waals surface area contributed by atoms with Crippen LogP contribution in [0.2, 0.25) is 0 Å². The molecule has 0 N–H and O–H groups in total. The molecule has 0 unspecified atom stereocenters. The minimum atomic E-state index is -0.962. The van der Waals surface area contributed by atoms with Crippen LogP contribution in [0, 0.1) is 11.6 Å². The maximum Gasteiger partial charge on any atom is 0.306 e. The Morgan fingerprint density at radius 1 is 0.688 bits per heavy atom. The molecular weight excluding hydrogens is 620 g/mol. The second-order valence-corrected chi connectivity index (χ2v) is 11.5. The van der Waals surface area contributed by atoms with Crippen molar-refractivity contribution in [2.24, 2.45) is 0 Å². The van der Waals surface area contributed by atoms with E-state index in [4.69, 9.17) is 18.9 Å². The molecule has 0 spiro atoms. The van der Waals surface area contributed by atoms with Gasteiger partial charge in [-0.25, -0.2) is 8.78 Å². The number of halogens is 2. The minimum Gasteiger partial charge on any atom is -0.494 e. The first-order valence-electron chi connectivity index (χ1n) is 16.6. The van der Waals surface area contributed by atoms with Gasteiger partial charge >= 0.3 is 11.9 Å². The van der Waals surface area contributed by atoms with Crippen molar-refractivity contribution >= 4 is 17.8 Å². The van der Waals surface area contributed by atoms with E-state index in [9.17, 15) is 23.2 Å². The lowest BCUT2D eigenvalue weighted by Gasteiger charge is -2.16. The van der Waals surface area contributed by atoms with Gasteiger partial charge in [-0.2, -0.15) is 0 Å². The van der Waals surface area contributed by atoms with Gasteiger partial charge < -0.3 is 23.8 Å². The summed E-state index contributed by atoms with van der Waals surface area (Å²) in [5.74, 6) is -1.43. The molecule has 48 heavy (non-hydrogen) atoms. The van der Waals surface area contributed by atoms with Gasteiger partial charge in [0.2, 0.25) is 0 Å². The molecule has 10 heteroatoms. The van der Waals surface area contributed by atoms with Crippen LogP contribution in [0.1, 0.15) is 80.3 Å². The fourth-order valence-electron chi connectivity index (χ4n) is 5.22. The average molecular weight is 668 g/mol. The Morgan fingerprint density at radius 3 is 2.10 bits per heavy atom. The van der Waals surface area contributed by atoms with Crippen LogP contribution in [0.4, 0.5) is 8.78 Å². The molecule has 0 radical (unpaired) electrons. The van der Waals surface area contributed by atoms with Crippen molar-refractivity contribution in [3.63, 3.8) is 0 Å². The quantitative estimate of drug-likeness (QED) is 0.0900. The summed E-state index contributed by atoms with van der Waals surface area (Å²) >= 11 is 0. The lowest BCUT2D eigenvalue weighted by molar-refractivity contribution is -0.144. The number of carbonyl (C=O) groups is 3. The topological polar surface area (TPSA) is 91.4 Å². The van der Waals surface area contributed by atoms with E-state index in [2.05, 4.69) is 6.07 Å². The third kappa shape index (κ3) is 12.3. The highest BCUT2D eigenvalue weighted by Gasteiger charge is 2.15. The van der Waals surface area contributed by atoms with Crippen LogP contribution < -0.4 is 9.47 Å². The molecule has 0 fully saturated rings. The first-order chi connectivity index (χ1) is 23.1. The molecule has 1 amide bonds. The predicted octanol–water partition coefficient (Wildman–Crippen LogP) is 7.73. The molecule has 0 aliphatic carbocycles. The van der Waals surface area contributed by atoms with Crippen LogP contribution >= 0.6 is 0 Å². The van der Waals surface area contributed by atoms with Crippen molar-refractivity contribution in [1.29, 1.82) is 0 Å². The highest BCUT2D eigenvalue weighted by molar-refractivity contribution is 5.95. The van der Waals surface area contributed by atoms with Crippen LogP contribution in [-0.4, -0.2) is 63.3 Å². The van der Waals surface area contributed by atoms with Gasteiger partial charge in [0.15, 0.2) is 11.6 Å². The summed E-state index contributed by atoms with van der Waals surface area (Å²) in [6.45, 7) is 5.03. The summed E-state index contributed by atoms with van der Waals surface area (Å²) in [7, 11) is 3.29. The van der Waals surface area contributed by atoms with Gasteiger partial charge in [-0.15, -0.1) is 0 Å². The number of esters is 2. The molecule has 3 rings (SSSR count). The molecular formula is C38H47F2NO7. The number of amides is 1. The molecule has 0 heterocycles. The molecule has 260 valence electrons. The summed E-state index contributed by atoms with van der Waals surface area (Å²) in [5.41, 5.74) is 3.49. The highest BCUT2D eigenvalue weighted by atomic mass is 19.2. The predicted molar refractivity (Wildman–Crippen MR) is 180 cm³/mol. The fraction of sp³-hybridized carbons (Fsp3) is 0.447. The van der Waals surface area contributed by atoms with Crippen LogP contribution in [0.5, 0.6) is 11.5 Å². The monoisotopic (exact) mass is 667 g/mol. The number of nitrogens with zero attached hydrogens (tertiary/aromatic N) is 1. The van der Waals surface area contributed by atoms with Crippen LogP contribution in [0.3, 0.4) is 0 Å². The molecule has 0 saturated heterocycles. The molecule has 0 aliphatic rings. The van der Waals surface area contributed by atoms with Gasteiger partial charge in [0.1, 0.15) is 11.5 Å². The Morgan fingerprint density at radius 2 is 1.40 bits per heavy atom. The Bertz CT molecular complexity index is 1510. The smallest absolute Gasteiger partial charge is 0.306 e. The van der Waals surface area contributed by atoms with Crippen molar-refractivity contribution in [2.75, 3.05) is 40.5 Å². The van der Waals surface area contributed by atoms with E-state index in [0.717, 1.165) is 55.4 Å². The van der Waals surface area contributed by atoms with E-state index < -0.39 is 11.6 Å². The zero-order valence-corrected chi connectivity index (χ0v) is 28.4. The normalized spacial score (nSPS) is 10.8. The zero-order valence-electron chi connectivity index (χ0n) is 28.4. The first kappa shape index (κ1) is 38.0. The molecule has 0 atom stereocenters. The van der Waals surface area contributed by atoms with Crippen molar-refractivity contribution < 1.29 is 42.1 Å². The number of aryl methyl sites for hydroxylation is 1. The number of unbranched alkanes of at least 4 members (excludes halogenated alkanes) is 3. The number of benzene rings is 3. The van der Waals surface area contributed by atoms with Crippen molar-refractivity contribution in [2.45, 2.75) is 71.6 Å². The lowest BCUT2D eigenvalue weighted by atomic mass is 9.96. The van der Waals surface area contributed by atoms with Crippen molar-refractivity contribution in [1.82, 2.24) is 4.90 Å². The van der Waals surface area contributed by atoms with Crippen LogP contribution in [0.15, 0.2) is 54.6 Å². The van der Waals surface area contributed by atoms with E-state index in [1.54, 1.807) is 46.1 Å². The van der Waals surface area contributed by atoms with Gasteiger partial charge in [-0.1, -0.05) is 31.0 Å². The Hall–Kier alpha value is -4.47. The number of hydrogen-bond donors (Lipinski definition) is 0. The van der Waals surface area contributed by atoms with Gasteiger partial charge in [-0.05, 0) is 105 Å². The summed E-state index contributed by atoms with van der Waals surface area (Å²) in [6, 6.07) is 14.6. The summed E-state index contributed by atoms with van der Waals surface area (Å²) in [4.78, 5) is 38.0. The van der Waals surface area contributed by atoms with Crippen LogP contribution in [-0.2, 0) is 31.9 Å². The SMILES string of the molecule is CCOC(=O)CCCOc1cccc(CCCCCCOc2cc(C(=O)N(C)C)cc(-c3ccc(F)c(F)c3)c2)c1CCC(=O)OCC. The van der Waals surface area contributed by atoms with E-state index in [-0.39, 0.29) is 30.7 Å². The molecule has 0 saturated carbocycles. The van der Waals surface area contributed by atoms with Gasteiger partial charge in [0.05, 0.1) is 26.4 Å². The van der Waals surface area contributed by atoms with Crippen molar-refractivity contribution in [3.8, 4) is 22.6 Å². The standard InChI is InChI=1S/C38H47F2NO7/c1-5-45-36(42)16-12-22-48-35-15-11-14-27(32(35)18-20-37(43)46-6-2)13-9-7-8-10-21-47-31-24-29(23-30(25-31)38(44)41(3)4)28-17-19-33(39)34(40)26-28/h11,14-15,17,19,23-26H,5-10,12-13,16,18,20-22H2,1-4H3. The van der Waals surface area contributed by atoms with Gasteiger partial charge in [-0.3, -0.25) is 14.4 Å². The second kappa shape index (κ2) is 20.0. The minimum absolute atomic E-state index is 0.225. The maximum absolute atomic E-state index is 13.9. The summed E-state index contributed by atoms with van der Waals surface area (Å²) < 4.78 is 49.7. The number of carbonyl (C=O) groups excluding carboxylic acids is 3. The maximum atomic E-state index is 13.9. The zero-order chi connectivity index (χ0) is 34.9. The molecule has 0 bridgehead atoms. The van der Waals surface area contributed by atoms with Gasteiger partial charge in [0.25, 0.3) is 5.91 Å². The first-order valence-corrected chi connectivity index (χ1v) is 16.6. The highest BCUT2D eigenvalue weighted by Crippen LogP contribution is 2.29. The summed E-state index contributed by atoms with van der Waals surface area (Å²) in [6.07, 6.45) is 5.94. The Balaban J connectivity index is 1.56. The molecule has 8 nitrogen and oxygen atoms in total. The Labute approximate surface area is 282 Å². The number of hydrogen-bond acceptors (Lipinski definition) is 7. The molecule has 3 aromatic rings. The lowest BCUT2D eigenvalue weighted by Crippen LogP contribution is -2.21. The van der Waals surface area contributed by atoms with Gasteiger partial charge in [0, 0.05) is 32.5 Å². The van der Waals surface area contributed by atoms with Crippen molar-refractivity contribution in [3.05, 3.63) is 82.9 Å². The average Bonchev–Trinajstić information content (AvgIpc) is 3.06. The molecule has 0 aliphatic heterocycles. The van der Waals surface area contributed by atoms with Crippen LogP contribution in [0.25, 0.3) is 11.1 Å². The molecule has 0 aromatic heterocycles. The van der Waals surface area contributed by atoms with E-state index in [1.165, 1.54) is 11.0 Å². The second-order valence-electron chi connectivity index (χ2n) is 11.5.